The summed E-state index contributed by atoms with van der Waals surface area (Å²) in [6, 6.07) is 8.58. The van der Waals surface area contributed by atoms with E-state index in [1.54, 1.807) is 25.1 Å². The van der Waals surface area contributed by atoms with Gasteiger partial charge in [0.15, 0.2) is 0 Å². The SMILES string of the molecule is Cc1cccc(-c2cc(F)ccc2F)n1. The van der Waals surface area contributed by atoms with Gasteiger partial charge in [-0.3, -0.25) is 4.98 Å². The second kappa shape index (κ2) is 3.77. The Morgan fingerprint density at radius 2 is 1.87 bits per heavy atom. The summed E-state index contributed by atoms with van der Waals surface area (Å²) < 4.78 is 26.3. The van der Waals surface area contributed by atoms with Crippen LogP contribution in [0.15, 0.2) is 36.4 Å². The Morgan fingerprint density at radius 3 is 2.60 bits per heavy atom. The third-order valence-electron chi connectivity index (χ3n) is 2.09. The maximum atomic E-state index is 13.4. The first-order valence-corrected chi connectivity index (χ1v) is 4.56. The van der Waals surface area contributed by atoms with Crippen molar-refractivity contribution in [2.75, 3.05) is 0 Å². The average Bonchev–Trinajstić information content (AvgIpc) is 2.22. The molecule has 0 unspecified atom stereocenters. The van der Waals surface area contributed by atoms with Gasteiger partial charge in [-0.05, 0) is 37.3 Å². The number of aryl methyl sites for hydroxylation is 1. The molecule has 0 aliphatic heterocycles. The number of aromatic nitrogens is 1. The van der Waals surface area contributed by atoms with Crippen LogP contribution in [-0.4, -0.2) is 4.98 Å². The van der Waals surface area contributed by atoms with Crippen molar-refractivity contribution in [3.63, 3.8) is 0 Å². The minimum absolute atomic E-state index is 0.193. The fourth-order valence-corrected chi connectivity index (χ4v) is 1.39. The highest BCUT2D eigenvalue weighted by Crippen LogP contribution is 2.21. The molecular formula is C12H9F2N. The number of benzene rings is 1. The van der Waals surface area contributed by atoms with Crippen LogP contribution in [0.1, 0.15) is 5.69 Å². The van der Waals surface area contributed by atoms with Crippen LogP contribution in [0.4, 0.5) is 8.78 Å². The number of rotatable bonds is 1. The first kappa shape index (κ1) is 9.77. The van der Waals surface area contributed by atoms with Gasteiger partial charge < -0.3 is 0 Å². The molecule has 1 heterocycles. The van der Waals surface area contributed by atoms with E-state index in [0.29, 0.717) is 5.69 Å². The van der Waals surface area contributed by atoms with Gasteiger partial charge in [-0.2, -0.15) is 0 Å². The molecule has 0 saturated heterocycles. The standard InChI is InChI=1S/C12H9F2N/c1-8-3-2-4-12(15-8)10-7-9(13)5-6-11(10)14/h2-7H,1H3. The second-order valence-electron chi connectivity index (χ2n) is 3.29. The van der Waals surface area contributed by atoms with Gasteiger partial charge in [0.05, 0.1) is 5.69 Å². The molecule has 1 nitrogen and oxygen atoms in total. The third kappa shape index (κ3) is 2.01. The Kier molecular flexibility index (Phi) is 2.46. The van der Waals surface area contributed by atoms with E-state index < -0.39 is 11.6 Å². The molecule has 1 aromatic carbocycles. The molecule has 1 aromatic heterocycles. The molecule has 76 valence electrons. The molecule has 3 heteroatoms. The lowest BCUT2D eigenvalue weighted by atomic mass is 10.1. The minimum Gasteiger partial charge on any atom is -0.253 e. The quantitative estimate of drug-likeness (QED) is 0.695. The highest BCUT2D eigenvalue weighted by molar-refractivity contribution is 5.59. The molecular weight excluding hydrogens is 196 g/mol. The maximum absolute atomic E-state index is 13.4. The smallest absolute Gasteiger partial charge is 0.132 e. The van der Waals surface area contributed by atoms with E-state index in [1.807, 2.05) is 0 Å². The van der Waals surface area contributed by atoms with Crippen LogP contribution in [-0.2, 0) is 0 Å². The number of hydrogen-bond donors (Lipinski definition) is 0. The Balaban J connectivity index is 2.58. The molecule has 0 aliphatic carbocycles. The zero-order valence-electron chi connectivity index (χ0n) is 8.17. The molecule has 0 N–H and O–H groups in total. The van der Waals surface area contributed by atoms with E-state index in [2.05, 4.69) is 4.98 Å². The minimum atomic E-state index is -0.463. The lowest BCUT2D eigenvalue weighted by Gasteiger charge is -2.03. The third-order valence-corrected chi connectivity index (χ3v) is 2.09. The van der Waals surface area contributed by atoms with Gasteiger partial charge in [-0.1, -0.05) is 6.07 Å². The van der Waals surface area contributed by atoms with Gasteiger partial charge in [0.2, 0.25) is 0 Å². The van der Waals surface area contributed by atoms with Crippen LogP contribution in [0.25, 0.3) is 11.3 Å². The lowest BCUT2D eigenvalue weighted by Crippen LogP contribution is -1.90. The predicted molar refractivity (Wildman–Crippen MR) is 54.3 cm³/mol. The van der Waals surface area contributed by atoms with E-state index in [4.69, 9.17) is 0 Å². The Labute approximate surface area is 86.4 Å². The lowest BCUT2D eigenvalue weighted by molar-refractivity contribution is 0.602. The van der Waals surface area contributed by atoms with Gasteiger partial charge in [-0.25, -0.2) is 8.78 Å². The largest absolute Gasteiger partial charge is 0.253 e. The van der Waals surface area contributed by atoms with Crippen LogP contribution in [0.2, 0.25) is 0 Å². The highest BCUT2D eigenvalue weighted by atomic mass is 19.1. The van der Waals surface area contributed by atoms with Crippen LogP contribution >= 0.6 is 0 Å². The van der Waals surface area contributed by atoms with Crippen LogP contribution < -0.4 is 0 Å². The summed E-state index contributed by atoms with van der Waals surface area (Å²) in [6.45, 7) is 1.81. The van der Waals surface area contributed by atoms with E-state index in [9.17, 15) is 8.78 Å². The van der Waals surface area contributed by atoms with Crippen molar-refractivity contribution in [3.05, 3.63) is 53.7 Å². The zero-order chi connectivity index (χ0) is 10.8. The molecule has 0 atom stereocenters. The van der Waals surface area contributed by atoms with Crippen molar-refractivity contribution >= 4 is 0 Å². The van der Waals surface area contributed by atoms with Gasteiger partial charge in [0.1, 0.15) is 11.6 Å². The van der Waals surface area contributed by atoms with Crippen LogP contribution in [0, 0.1) is 18.6 Å². The summed E-state index contributed by atoms with van der Waals surface area (Å²) in [4.78, 5) is 4.14. The summed E-state index contributed by atoms with van der Waals surface area (Å²) in [5.41, 5.74) is 1.42. The normalized spacial score (nSPS) is 10.3. The van der Waals surface area contributed by atoms with E-state index >= 15 is 0 Å². The maximum Gasteiger partial charge on any atom is 0.132 e. The van der Waals surface area contributed by atoms with Gasteiger partial charge in [0.25, 0.3) is 0 Å². The molecule has 2 rings (SSSR count). The van der Waals surface area contributed by atoms with Crippen molar-refractivity contribution in [3.8, 4) is 11.3 Å². The molecule has 0 spiro atoms. The van der Waals surface area contributed by atoms with Crippen molar-refractivity contribution in [2.45, 2.75) is 6.92 Å². The summed E-state index contributed by atoms with van der Waals surface area (Å²) in [5, 5.41) is 0. The highest BCUT2D eigenvalue weighted by Gasteiger charge is 2.07. The summed E-state index contributed by atoms with van der Waals surface area (Å²) >= 11 is 0. The Bertz CT molecular complexity index is 495. The molecule has 0 bridgehead atoms. The molecule has 0 saturated carbocycles. The number of nitrogens with zero attached hydrogens (tertiary/aromatic N) is 1. The van der Waals surface area contributed by atoms with Gasteiger partial charge >= 0.3 is 0 Å². The zero-order valence-corrected chi connectivity index (χ0v) is 8.17. The molecule has 2 aromatic rings. The summed E-state index contributed by atoms with van der Waals surface area (Å²) in [7, 11) is 0. The first-order valence-electron chi connectivity index (χ1n) is 4.56. The van der Waals surface area contributed by atoms with E-state index in [-0.39, 0.29) is 5.56 Å². The fraction of sp³-hybridized carbons (Fsp3) is 0.0833. The van der Waals surface area contributed by atoms with Crippen LogP contribution in [0.5, 0.6) is 0 Å². The molecule has 0 radical (unpaired) electrons. The topological polar surface area (TPSA) is 12.9 Å². The fourth-order valence-electron chi connectivity index (χ4n) is 1.39. The first-order chi connectivity index (χ1) is 7.16. The van der Waals surface area contributed by atoms with Crippen molar-refractivity contribution in [1.82, 2.24) is 4.98 Å². The molecule has 0 amide bonds. The Hall–Kier alpha value is -1.77. The predicted octanol–water partition coefficient (Wildman–Crippen LogP) is 3.34. The average molecular weight is 205 g/mol. The second-order valence-corrected chi connectivity index (χ2v) is 3.29. The summed E-state index contributed by atoms with van der Waals surface area (Å²) in [6.07, 6.45) is 0. The van der Waals surface area contributed by atoms with Crippen molar-refractivity contribution in [2.24, 2.45) is 0 Å². The van der Waals surface area contributed by atoms with Crippen molar-refractivity contribution in [1.29, 1.82) is 0 Å². The number of halogens is 2. The van der Waals surface area contributed by atoms with Gasteiger partial charge in [-0.15, -0.1) is 0 Å². The molecule has 0 fully saturated rings. The summed E-state index contributed by atoms with van der Waals surface area (Å²) in [5.74, 6) is -0.927. The number of pyridine rings is 1. The van der Waals surface area contributed by atoms with Gasteiger partial charge in [0, 0.05) is 11.3 Å². The van der Waals surface area contributed by atoms with E-state index in [0.717, 1.165) is 23.9 Å². The van der Waals surface area contributed by atoms with Crippen LogP contribution in [0.3, 0.4) is 0 Å². The molecule has 15 heavy (non-hydrogen) atoms. The van der Waals surface area contributed by atoms with Crippen molar-refractivity contribution < 1.29 is 8.78 Å². The number of hydrogen-bond acceptors (Lipinski definition) is 1. The molecule has 0 aliphatic rings. The Morgan fingerprint density at radius 1 is 1.07 bits per heavy atom. The monoisotopic (exact) mass is 205 g/mol. The van der Waals surface area contributed by atoms with E-state index in [1.165, 1.54) is 0 Å².